The van der Waals surface area contributed by atoms with Gasteiger partial charge in [-0.3, -0.25) is 9.59 Å². The van der Waals surface area contributed by atoms with E-state index in [2.05, 4.69) is 32.7 Å². The fourth-order valence-electron chi connectivity index (χ4n) is 4.25. The molecule has 9 heteroatoms. The van der Waals surface area contributed by atoms with Gasteiger partial charge in [-0.2, -0.15) is 0 Å². The maximum atomic E-state index is 12.9. The van der Waals surface area contributed by atoms with Crippen LogP contribution in [0.2, 0.25) is 0 Å². The Morgan fingerprint density at radius 1 is 0.973 bits per heavy atom. The summed E-state index contributed by atoms with van der Waals surface area (Å²) in [6, 6.07) is 11.7. The molecule has 0 radical (unpaired) electrons. The Bertz CT molecular complexity index is 1200. The number of hydrogen-bond donors (Lipinski definition) is 2. The molecule has 0 aliphatic rings. The molecule has 1 amide bonds. The summed E-state index contributed by atoms with van der Waals surface area (Å²) in [4.78, 5) is 32.7. The Hall–Kier alpha value is -2.61. The second-order valence-corrected chi connectivity index (χ2v) is 10.8. The summed E-state index contributed by atoms with van der Waals surface area (Å²) in [7, 11) is 0. The van der Waals surface area contributed by atoms with E-state index in [-0.39, 0.29) is 11.7 Å². The van der Waals surface area contributed by atoms with Crippen molar-refractivity contribution in [2.24, 2.45) is 0 Å². The molecule has 6 nitrogen and oxygen atoms in total. The quantitative estimate of drug-likeness (QED) is 0.134. The number of benzene rings is 2. The molecule has 2 aromatic carbocycles. The maximum absolute atomic E-state index is 12.9. The molecule has 198 valence electrons. The van der Waals surface area contributed by atoms with Gasteiger partial charge in [0.15, 0.2) is 10.9 Å². The van der Waals surface area contributed by atoms with Gasteiger partial charge >= 0.3 is 0 Å². The molecule has 0 aliphatic heterocycles. The first-order valence-corrected chi connectivity index (χ1v) is 14.2. The lowest BCUT2D eigenvalue weighted by Crippen LogP contribution is -2.27. The molecule has 0 unspecified atom stereocenters. The third-order valence-electron chi connectivity index (χ3n) is 6.04. The van der Waals surface area contributed by atoms with Gasteiger partial charge in [0, 0.05) is 54.8 Å². The second-order valence-electron chi connectivity index (χ2n) is 9.03. The van der Waals surface area contributed by atoms with Gasteiger partial charge in [-0.05, 0) is 69.5 Å². The number of carbonyl (C=O) groups excluding carboxylic acids is 2. The fraction of sp³-hybridized carbons (Fsp3) is 0.393. The number of Topliss-reactive ketones (excluding diaryl/α,β-unsaturated/α-hetero) is 1. The minimum Gasteiger partial charge on any atom is -0.369 e. The lowest BCUT2D eigenvalue weighted by atomic mass is 10.1. The standard InChI is InChI=1S/C28H34Cl2N4O2S/c1-18-16-19(2)25(20(3)17-18)33-27(36)26-21(4)32-28(37-26)31-13-5-6-24(35)22-7-9-23(10-8-22)34(14-11-29)15-12-30/h7-10,16-17H,5-6,11-15H2,1-4H3,(H,31,32)(H,33,36). The van der Waals surface area contributed by atoms with E-state index in [4.69, 9.17) is 23.2 Å². The zero-order valence-electron chi connectivity index (χ0n) is 21.8. The number of anilines is 3. The molecule has 37 heavy (non-hydrogen) atoms. The van der Waals surface area contributed by atoms with Gasteiger partial charge < -0.3 is 15.5 Å². The van der Waals surface area contributed by atoms with E-state index in [1.54, 1.807) is 0 Å². The van der Waals surface area contributed by atoms with E-state index in [0.29, 0.717) is 65.5 Å². The molecule has 1 aromatic heterocycles. The molecule has 0 aliphatic carbocycles. The monoisotopic (exact) mass is 560 g/mol. The topological polar surface area (TPSA) is 74.3 Å². The number of hydrogen-bond acceptors (Lipinski definition) is 6. The summed E-state index contributed by atoms with van der Waals surface area (Å²) in [5.41, 5.74) is 6.45. The number of ketones is 1. The highest BCUT2D eigenvalue weighted by molar-refractivity contribution is 7.17. The second kappa shape index (κ2) is 13.8. The summed E-state index contributed by atoms with van der Waals surface area (Å²) in [5, 5.41) is 6.98. The largest absolute Gasteiger partial charge is 0.369 e. The Balaban J connectivity index is 1.51. The van der Waals surface area contributed by atoms with Crippen LogP contribution in [0.4, 0.5) is 16.5 Å². The van der Waals surface area contributed by atoms with Crippen molar-refractivity contribution in [3.63, 3.8) is 0 Å². The third kappa shape index (κ3) is 7.94. The van der Waals surface area contributed by atoms with Crippen LogP contribution in [0.15, 0.2) is 36.4 Å². The molecule has 0 saturated carbocycles. The van der Waals surface area contributed by atoms with Crippen LogP contribution in [0, 0.1) is 27.7 Å². The normalized spacial score (nSPS) is 10.9. The van der Waals surface area contributed by atoms with Crippen molar-refractivity contribution < 1.29 is 9.59 Å². The zero-order chi connectivity index (χ0) is 26.9. The number of halogens is 2. The summed E-state index contributed by atoms with van der Waals surface area (Å²) in [5.74, 6) is 0.962. The molecule has 0 atom stereocenters. The van der Waals surface area contributed by atoms with Crippen LogP contribution in [-0.2, 0) is 0 Å². The van der Waals surface area contributed by atoms with Crippen molar-refractivity contribution >= 4 is 62.7 Å². The Labute approximate surface area is 233 Å². The lowest BCUT2D eigenvalue weighted by Gasteiger charge is -2.22. The van der Waals surface area contributed by atoms with Crippen molar-refractivity contribution in [3.8, 4) is 0 Å². The van der Waals surface area contributed by atoms with E-state index >= 15 is 0 Å². The fourth-order valence-corrected chi connectivity index (χ4v) is 5.55. The van der Waals surface area contributed by atoms with Crippen molar-refractivity contribution in [3.05, 3.63) is 69.2 Å². The number of nitrogens with one attached hydrogen (secondary N) is 2. The molecule has 1 heterocycles. The van der Waals surface area contributed by atoms with E-state index in [1.165, 1.54) is 16.9 Å². The van der Waals surface area contributed by atoms with Crippen molar-refractivity contribution in [1.29, 1.82) is 0 Å². The average molecular weight is 562 g/mol. The van der Waals surface area contributed by atoms with Gasteiger partial charge in [0.25, 0.3) is 5.91 Å². The molecule has 0 saturated heterocycles. The Morgan fingerprint density at radius 2 is 1.59 bits per heavy atom. The van der Waals surface area contributed by atoms with Crippen molar-refractivity contribution in [2.75, 3.05) is 46.9 Å². The first kappa shape index (κ1) is 29.0. The molecule has 0 bridgehead atoms. The minimum atomic E-state index is -0.160. The van der Waals surface area contributed by atoms with E-state index < -0.39 is 0 Å². The van der Waals surface area contributed by atoms with Crippen LogP contribution in [0.1, 0.15) is 55.3 Å². The molecule has 3 aromatic rings. The summed E-state index contributed by atoms with van der Waals surface area (Å²) < 4.78 is 0. The van der Waals surface area contributed by atoms with Crippen LogP contribution in [0.3, 0.4) is 0 Å². The number of nitrogens with zero attached hydrogens (tertiary/aromatic N) is 2. The van der Waals surface area contributed by atoms with Gasteiger partial charge in [0.2, 0.25) is 0 Å². The first-order valence-electron chi connectivity index (χ1n) is 12.3. The lowest BCUT2D eigenvalue weighted by molar-refractivity contribution is 0.0979. The molecule has 3 rings (SSSR count). The van der Waals surface area contributed by atoms with Gasteiger partial charge in [0.1, 0.15) is 4.88 Å². The number of aryl methyl sites for hydroxylation is 4. The Morgan fingerprint density at radius 3 is 2.19 bits per heavy atom. The van der Waals surface area contributed by atoms with Gasteiger partial charge in [0.05, 0.1) is 5.69 Å². The van der Waals surface area contributed by atoms with Crippen LogP contribution < -0.4 is 15.5 Å². The summed E-state index contributed by atoms with van der Waals surface area (Å²) in [6.45, 7) is 9.87. The van der Waals surface area contributed by atoms with Crippen molar-refractivity contribution in [2.45, 2.75) is 40.5 Å². The van der Waals surface area contributed by atoms with Crippen LogP contribution in [-0.4, -0.2) is 48.1 Å². The van der Waals surface area contributed by atoms with Crippen molar-refractivity contribution in [1.82, 2.24) is 4.98 Å². The smallest absolute Gasteiger partial charge is 0.267 e. The van der Waals surface area contributed by atoms with Gasteiger partial charge in [-0.1, -0.05) is 29.0 Å². The molecular weight excluding hydrogens is 527 g/mol. The maximum Gasteiger partial charge on any atom is 0.267 e. The number of thiazole rings is 1. The SMILES string of the molecule is Cc1cc(C)c(NC(=O)c2sc(NCCCC(=O)c3ccc(N(CCCl)CCCl)cc3)nc2C)c(C)c1. The van der Waals surface area contributed by atoms with Crippen LogP contribution >= 0.6 is 34.5 Å². The summed E-state index contributed by atoms with van der Waals surface area (Å²) in [6.07, 6.45) is 1.08. The minimum absolute atomic E-state index is 0.0915. The highest BCUT2D eigenvalue weighted by Crippen LogP contribution is 2.27. The summed E-state index contributed by atoms with van der Waals surface area (Å²) >= 11 is 13.1. The molecule has 2 N–H and O–H groups in total. The first-order chi connectivity index (χ1) is 17.7. The van der Waals surface area contributed by atoms with Crippen LogP contribution in [0.5, 0.6) is 0 Å². The zero-order valence-corrected chi connectivity index (χ0v) is 24.1. The number of carbonyl (C=O) groups is 2. The highest BCUT2D eigenvalue weighted by Gasteiger charge is 2.17. The third-order valence-corrected chi connectivity index (χ3v) is 7.49. The highest BCUT2D eigenvalue weighted by atomic mass is 35.5. The van der Waals surface area contributed by atoms with Crippen LogP contribution in [0.25, 0.3) is 0 Å². The van der Waals surface area contributed by atoms with E-state index in [9.17, 15) is 9.59 Å². The average Bonchev–Trinajstić information content (AvgIpc) is 3.24. The molecule has 0 spiro atoms. The number of rotatable bonds is 13. The Kier molecular flexibility index (Phi) is 10.8. The van der Waals surface area contributed by atoms with Gasteiger partial charge in [-0.25, -0.2) is 4.98 Å². The number of alkyl halides is 2. The van der Waals surface area contributed by atoms with Gasteiger partial charge in [-0.15, -0.1) is 23.2 Å². The predicted octanol–water partition coefficient (Wildman–Crippen LogP) is 6.99. The van der Waals surface area contributed by atoms with E-state index in [1.807, 2.05) is 52.0 Å². The molecule has 0 fully saturated rings. The number of amides is 1. The predicted molar refractivity (Wildman–Crippen MR) is 158 cm³/mol. The van der Waals surface area contributed by atoms with E-state index in [0.717, 1.165) is 22.5 Å². The molecular formula is C28H34Cl2N4O2S. The number of aromatic nitrogens is 1.